The number of nitrogens with zero attached hydrogens (tertiary/aromatic N) is 1. The molecule has 0 unspecified atom stereocenters. The highest BCUT2D eigenvalue weighted by Crippen LogP contribution is 2.28. The Hall–Kier alpha value is -0.530. The smallest absolute Gasteiger partial charge is 0.283 e. The van der Waals surface area contributed by atoms with E-state index in [1.165, 1.54) is 7.11 Å². The molecule has 0 amide bonds. The van der Waals surface area contributed by atoms with Crippen molar-refractivity contribution in [1.82, 2.24) is 4.98 Å². The van der Waals surface area contributed by atoms with Crippen molar-refractivity contribution in [2.45, 2.75) is 6.43 Å². The summed E-state index contributed by atoms with van der Waals surface area (Å²) < 4.78 is 42.0. The van der Waals surface area contributed by atoms with Crippen LogP contribution in [-0.4, -0.2) is 12.1 Å². The van der Waals surface area contributed by atoms with Gasteiger partial charge >= 0.3 is 0 Å². The number of hydrogen-bond donors (Lipinski definition) is 0. The molecule has 0 aliphatic carbocycles. The molecule has 72 valence electrons. The lowest BCUT2D eigenvalue weighted by Crippen LogP contribution is -2.00. The van der Waals surface area contributed by atoms with Gasteiger partial charge in [-0.25, -0.2) is 18.2 Å². The summed E-state index contributed by atoms with van der Waals surface area (Å²) in [4.78, 5) is 3.25. The van der Waals surface area contributed by atoms with Crippen LogP contribution in [0.3, 0.4) is 0 Å². The Labute approximate surface area is 86.3 Å². The molecule has 6 heteroatoms. The van der Waals surface area contributed by atoms with E-state index in [1.807, 2.05) is 0 Å². The first-order valence-corrected chi connectivity index (χ1v) is 4.31. The predicted molar refractivity (Wildman–Crippen MR) is 48.4 cm³/mol. The van der Waals surface area contributed by atoms with E-state index >= 15 is 0 Å². The van der Waals surface area contributed by atoms with Crippen molar-refractivity contribution in [1.29, 1.82) is 0 Å². The van der Waals surface area contributed by atoms with Gasteiger partial charge in [0.25, 0.3) is 6.43 Å². The largest absolute Gasteiger partial charge is 0.494 e. The van der Waals surface area contributed by atoms with Crippen LogP contribution >= 0.6 is 22.6 Å². The molecule has 1 aromatic heterocycles. The normalized spacial score (nSPS) is 10.6. The fraction of sp³-hybridized carbons (Fsp3) is 0.286. The molecule has 0 bridgehead atoms. The molecule has 0 aromatic carbocycles. The Morgan fingerprint density at radius 2 is 2.15 bits per heavy atom. The van der Waals surface area contributed by atoms with Crippen LogP contribution in [0.2, 0.25) is 0 Å². The van der Waals surface area contributed by atoms with E-state index in [1.54, 1.807) is 22.6 Å². The van der Waals surface area contributed by atoms with Crippen LogP contribution in [0.4, 0.5) is 13.2 Å². The van der Waals surface area contributed by atoms with Crippen LogP contribution < -0.4 is 4.74 Å². The average Bonchev–Trinajstić information content (AvgIpc) is 2.09. The van der Waals surface area contributed by atoms with Crippen LogP contribution in [0, 0.1) is 9.39 Å². The number of pyridine rings is 1. The van der Waals surface area contributed by atoms with E-state index in [-0.39, 0.29) is 9.32 Å². The van der Waals surface area contributed by atoms with Gasteiger partial charge in [0.05, 0.1) is 16.9 Å². The Morgan fingerprint density at radius 1 is 1.54 bits per heavy atom. The van der Waals surface area contributed by atoms with Crippen molar-refractivity contribution in [3.63, 3.8) is 0 Å². The molecule has 0 saturated heterocycles. The summed E-state index contributed by atoms with van der Waals surface area (Å²) in [6.07, 6.45) is -1.83. The van der Waals surface area contributed by atoms with Crippen LogP contribution in [0.25, 0.3) is 0 Å². The summed E-state index contributed by atoms with van der Waals surface area (Å²) in [5, 5.41) is 0. The maximum atomic E-state index is 13.1. The first-order chi connectivity index (χ1) is 6.07. The third-order valence-corrected chi connectivity index (χ3v) is 2.39. The summed E-state index contributed by atoms with van der Waals surface area (Å²) in [5.74, 6) is -0.863. The minimum Gasteiger partial charge on any atom is -0.494 e. The van der Waals surface area contributed by atoms with Gasteiger partial charge in [-0.1, -0.05) is 0 Å². The Kier molecular flexibility index (Phi) is 3.34. The van der Waals surface area contributed by atoms with E-state index in [2.05, 4.69) is 4.98 Å². The van der Waals surface area contributed by atoms with Crippen molar-refractivity contribution in [3.05, 3.63) is 21.3 Å². The topological polar surface area (TPSA) is 22.1 Å². The predicted octanol–water partition coefficient (Wildman–Crippen LogP) is 2.77. The first kappa shape index (κ1) is 10.6. The fourth-order valence-corrected chi connectivity index (χ4v) is 1.39. The monoisotopic (exact) mass is 303 g/mol. The molecule has 1 aromatic rings. The Morgan fingerprint density at radius 3 is 2.62 bits per heavy atom. The lowest BCUT2D eigenvalue weighted by atomic mass is 10.3. The second-order valence-electron chi connectivity index (χ2n) is 2.14. The lowest BCUT2D eigenvalue weighted by molar-refractivity contribution is 0.140. The molecule has 0 aliphatic heterocycles. The first-order valence-electron chi connectivity index (χ1n) is 3.24. The molecule has 0 aliphatic rings. The van der Waals surface area contributed by atoms with Crippen LogP contribution in [0.5, 0.6) is 5.75 Å². The molecule has 0 N–H and O–H groups in total. The van der Waals surface area contributed by atoms with Gasteiger partial charge in [0.1, 0.15) is 5.69 Å². The molecule has 0 fully saturated rings. The maximum absolute atomic E-state index is 13.1. The zero-order valence-corrected chi connectivity index (χ0v) is 8.68. The number of methoxy groups -OCH3 is 1. The second kappa shape index (κ2) is 4.12. The highest BCUT2D eigenvalue weighted by molar-refractivity contribution is 14.1. The highest BCUT2D eigenvalue weighted by Gasteiger charge is 2.19. The zero-order chi connectivity index (χ0) is 10.0. The van der Waals surface area contributed by atoms with Crippen LogP contribution in [0.15, 0.2) is 6.20 Å². The van der Waals surface area contributed by atoms with Crippen LogP contribution in [-0.2, 0) is 0 Å². The number of halogens is 4. The quantitative estimate of drug-likeness (QED) is 0.784. The molecule has 2 nitrogen and oxygen atoms in total. The van der Waals surface area contributed by atoms with Gasteiger partial charge in [-0.2, -0.15) is 0 Å². The van der Waals surface area contributed by atoms with Gasteiger partial charge in [0.15, 0.2) is 11.6 Å². The highest BCUT2D eigenvalue weighted by atomic mass is 127. The summed E-state index contributed by atoms with van der Waals surface area (Å²) >= 11 is 1.59. The van der Waals surface area contributed by atoms with Gasteiger partial charge in [0.2, 0.25) is 0 Å². The summed E-state index contributed by atoms with van der Waals surface area (Å²) in [5.41, 5.74) is -0.842. The molecule has 0 spiro atoms. The van der Waals surface area contributed by atoms with E-state index in [0.717, 1.165) is 6.20 Å². The van der Waals surface area contributed by atoms with Gasteiger partial charge in [-0.05, 0) is 22.6 Å². The van der Waals surface area contributed by atoms with E-state index in [4.69, 9.17) is 4.74 Å². The number of aromatic nitrogens is 1. The van der Waals surface area contributed by atoms with Crippen LogP contribution in [0.1, 0.15) is 12.1 Å². The number of alkyl halides is 2. The minimum atomic E-state index is -2.90. The molecular formula is C7H5F3INO. The molecule has 1 rings (SSSR count). The van der Waals surface area contributed by atoms with Crippen molar-refractivity contribution >= 4 is 22.6 Å². The molecule has 0 saturated carbocycles. The minimum absolute atomic E-state index is 0.0189. The van der Waals surface area contributed by atoms with Crippen molar-refractivity contribution in [3.8, 4) is 5.75 Å². The van der Waals surface area contributed by atoms with Gasteiger partial charge < -0.3 is 4.74 Å². The van der Waals surface area contributed by atoms with Gasteiger partial charge in [-0.3, -0.25) is 0 Å². The molecule has 13 heavy (non-hydrogen) atoms. The Balaban J connectivity index is 3.23. The second-order valence-corrected chi connectivity index (χ2v) is 3.22. The van der Waals surface area contributed by atoms with E-state index < -0.39 is 17.9 Å². The lowest BCUT2D eigenvalue weighted by Gasteiger charge is -2.06. The van der Waals surface area contributed by atoms with Gasteiger partial charge in [0, 0.05) is 0 Å². The number of hydrogen-bond acceptors (Lipinski definition) is 2. The molecule has 0 radical (unpaired) electrons. The fourth-order valence-electron chi connectivity index (χ4n) is 0.757. The standard InChI is InChI=1S/C7H5F3INO/c1-13-3-2-12-6(7(9)10)4(8)5(3)11/h2,7H,1H3. The zero-order valence-electron chi connectivity index (χ0n) is 6.52. The van der Waals surface area contributed by atoms with Crippen molar-refractivity contribution < 1.29 is 17.9 Å². The molecule has 0 atom stereocenters. The van der Waals surface area contributed by atoms with Gasteiger partial charge in [-0.15, -0.1) is 0 Å². The number of rotatable bonds is 2. The van der Waals surface area contributed by atoms with Crippen molar-refractivity contribution in [2.24, 2.45) is 0 Å². The van der Waals surface area contributed by atoms with E-state index in [9.17, 15) is 13.2 Å². The summed E-state index contributed by atoms with van der Waals surface area (Å²) in [7, 11) is 1.32. The number of ether oxygens (including phenoxy) is 1. The van der Waals surface area contributed by atoms with Crippen molar-refractivity contribution in [2.75, 3.05) is 7.11 Å². The third kappa shape index (κ3) is 2.04. The average molecular weight is 303 g/mol. The molecule has 1 heterocycles. The Bertz CT molecular complexity index is 319. The molecular weight excluding hydrogens is 298 g/mol. The summed E-state index contributed by atoms with van der Waals surface area (Å²) in [6.45, 7) is 0. The summed E-state index contributed by atoms with van der Waals surface area (Å²) in [6, 6.07) is 0. The maximum Gasteiger partial charge on any atom is 0.283 e. The van der Waals surface area contributed by atoms with E-state index in [0.29, 0.717) is 0 Å². The third-order valence-electron chi connectivity index (χ3n) is 1.38. The SMILES string of the molecule is COc1cnc(C(F)F)c(F)c1I.